The standard InChI is InChI=1S/C26H30N6O4S2/c1-5-35-13-21-30-23-24(32(21)15-26(2,3)31-38(4,33)34)17-11-10-16(12-19(17)29-25(23)27)36-14-22-28-18-8-6-7-9-20(18)37-22/h6-12,31H,5,13-15H2,1-4H3,(H2,27,29). The second-order valence-electron chi connectivity index (χ2n) is 9.75. The molecule has 3 N–H and O–H groups in total. The Kier molecular flexibility index (Phi) is 6.99. The van der Waals surface area contributed by atoms with Gasteiger partial charge >= 0.3 is 0 Å². The Morgan fingerprint density at radius 3 is 2.61 bits per heavy atom. The summed E-state index contributed by atoms with van der Waals surface area (Å²) in [7, 11) is -3.44. The molecule has 38 heavy (non-hydrogen) atoms. The minimum absolute atomic E-state index is 0.254. The van der Waals surface area contributed by atoms with Gasteiger partial charge in [-0.1, -0.05) is 12.1 Å². The third-order valence-electron chi connectivity index (χ3n) is 5.91. The maximum Gasteiger partial charge on any atom is 0.209 e. The molecule has 0 radical (unpaired) electrons. The number of nitrogens with zero attached hydrogens (tertiary/aromatic N) is 4. The van der Waals surface area contributed by atoms with Crippen LogP contribution in [-0.2, 0) is 34.5 Å². The number of benzene rings is 2. The van der Waals surface area contributed by atoms with Crippen molar-refractivity contribution in [3.05, 3.63) is 53.3 Å². The normalized spacial score (nSPS) is 12.6. The first kappa shape index (κ1) is 26.3. The monoisotopic (exact) mass is 554 g/mol. The highest BCUT2D eigenvalue weighted by atomic mass is 32.2. The third kappa shape index (κ3) is 5.58. The van der Waals surface area contributed by atoms with Crippen LogP contribution in [-0.4, -0.2) is 46.3 Å². The van der Waals surface area contributed by atoms with Crippen molar-refractivity contribution in [2.75, 3.05) is 18.6 Å². The van der Waals surface area contributed by atoms with Crippen molar-refractivity contribution in [2.24, 2.45) is 0 Å². The summed E-state index contributed by atoms with van der Waals surface area (Å²) in [5, 5.41) is 1.71. The zero-order valence-corrected chi connectivity index (χ0v) is 23.3. The van der Waals surface area contributed by atoms with E-state index in [9.17, 15) is 8.42 Å². The van der Waals surface area contributed by atoms with Crippen LogP contribution in [0.5, 0.6) is 5.75 Å². The number of para-hydroxylation sites is 1. The number of fused-ring (bicyclic) bond motifs is 4. The molecule has 12 heteroatoms. The van der Waals surface area contributed by atoms with Crippen LogP contribution >= 0.6 is 11.3 Å². The number of hydrogen-bond acceptors (Lipinski definition) is 9. The van der Waals surface area contributed by atoms with Gasteiger partial charge in [0.15, 0.2) is 5.82 Å². The molecule has 0 atom stereocenters. The van der Waals surface area contributed by atoms with E-state index in [0.717, 1.165) is 32.4 Å². The number of nitrogen functional groups attached to an aromatic ring is 1. The topological polar surface area (TPSA) is 134 Å². The number of imidazole rings is 1. The van der Waals surface area contributed by atoms with E-state index >= 15 is 0 Å². The number of pyridine rings is 1. The lowest BCUT2D eigenvalue weighted by Crippen LogP contribution is -2.46. The molecule has 0 bridgehead atoms. The highest BCUT2D eigenvalue weighted by Gasteiger charge is 2.27. The molecule has 0 spiro atoms. The van der Waals surface area contributed by atoms with E-state index in [4.69, 9.17) is 20.2 Å². The minimum Gasteiger partial charge on any atom is -0.486 e. The fourth-order valence-corrected chi connectivity index (χ4v) is 6.51. The number of aromatic nitrogens is 4. The van der Waals surface area contributed by atoms with Gasteiger partial charge in [-0.15, -0.1) is 11.3 Å². The number of nitrogens with two attached hydrogens (primary N) is 1. The molecule has 5 rings (SSSR count). The van der Waals surface area contributed by atoms with Gasteiger partial charge in [-0.2, -0.15) is 0 Å². The molecule has 0 aliphatic rings. The van der Waals surface area contributed by atoms with Gasteiger partial charge in [-0.3, -0.25) is 0 Å². The van der Waals surface area contributed by atoms with Crippen LogP contribution in [0, 0.1) is 0 Å². The Hall–Kier alpha value is -3.32. The van der Waals surface area contributed by atoms with Gasteiger partial charge in [0.05, 0.1) is 27.5 Å². The van der Waals surface area contributed by atoms with Crippen LogP contribution in [0.1, 0.15) is 31.6 Å². The second kappa shape index (κ2) is 10.1. The van der Waals surface area contributed by atoms with Crippen molar-refractivity contribution in [3.63, 3.8) is 0 Å². The summed E-state index contributed by atoms with van der Waals surface area (Å²) < 4.78 is 41.5. The molecule has 5 aromatic rings. The molecule has 0 aliphatic heterocycles. The van der Waals surface area contributed by atoms with Gasteiger partial charge in [0.2, 0.25) is 10.0 Å². The van der Waals surface area contributed by atoms with E-state index in [1.165, 1.54) is 0 Å². The predicted molar refractivity (Wildman–Crippen MR) is 151 cm³/mol. The van der Waals surface area contributed by atoms with E-state index in [2.05, 4.69) is 14.7 Å². The number of anilines is 1. The van der Waals surface area contributed by atoms with Crippen LogP contribution in [0.25, 0.3) is 32.2 Å². The number of nitrogens with one attached hydrogen (secondary N) is 1. The van der Waals surface area contributed by atoms with E-state index < -0.39 is 15.6 Å². The summed E-state index contributed by atoms with van der Waals surface area (Å²) in [6.45, 7) is 6.97. The summed E-state index contributed by atoms with van der Waals surface area (Å²) in [6, 6.07) is 13.6. The maximum atomic E-state index is 12.0. The van der Waals surface area contributed by atoms with Crippen molar-refractivity contribution in [2.45, 2.75) is 46.1 Å². The quantitative estimate of drug-likeness (QED) is 0.262. The third-order valence-corrected chi connectivity index (χ3v) is 7.84. The zero-order chi connectivity index (χ0) is 27.1. The van der Waals surface area contributed by atoms with Crippen molar-refractivity contribution >= 4 is 59.3 Å². The van der Waals surface area contributed by atoms with Crippen LogP contribution in [0.3, 0.4) is 0 Å². The average Bonchev–Trinajstić information content (AvgIpc) is 3.41. The van der Waals surface area contributed by atoms with E-state index in [1.807, 2.05) is 67.8 Å². The summed E-state index contributed by atoms with van der Waals surface area (Å²) in [6.07, 6.45) is 1.15. The van der Waals surface area contributed by atoms with Crippen LogP contribution in [0.4, 0.5) is 5.82 Å². The average molecular weight is 555 g/mol. The molecule has 3 aromatic heterocycles. The first-order valence-corrected chi connectivity index (χ1v) is 14.9. The Morgan fingerprint density at radius 2 is 1.87 bits per heavy atom. The Balaban J connectivity index is 1.53. The molecule has 200 valence electrons. The predicted octanol–water partition coefficient (Wildman–Crippen LogP) is 4.22. The van der Waals surface area contributed by atoms with Crippen LogP contribution < -0.4 is 15.2 Å². The number of rotatable bonds is 10. The lowest BCUT2D eigenvalue weighted by Gasteiger charge is -2.27. The fourth-order valence-electron chi connectivity index (χ4n) is 4.56. The van der Waals surface area contributed by atoms with Crippen molar-refractivity contribution in [1.82, 2.24) is 24.2 Å². The number of ether oxygens (including phenoxy) is 2. The van der Waals surface area contributed by atoms with Crippen molar-refractivity contribution < 1.29 is 17.9 Å². The van der Waals surface area contributed by atoms with Gasteiger partial charge in [-0.05, 0) is 45.0 Å². The van der Waals surface area contributed by atoms with Crippen LogP contribution in [0.15, 0.2) is 42.5 Å². The first-order chi connectivity index (χ1) is 18.0. The second-order valence-corrected chi connectivity index (χ2v) is 12.6. The lowest BCUT2D eigenvalue weighted by molar-refractivity contribution is 0.125. The van der Waals surface area contributed by atoms with Crippen molar-refractivity contribution in [3.8, 4) is 5.75 Å². The number of hydrogen-bond donors (Lipinski definition) is 2. The molecule has 0 aliphatic carbocycles. The molecule has 0 unspecified atom stereocenters. The van der Waals surface area contributed by atoms with E-state index in [-0.39, 0.29) is 12.4 Å². The molecule has 0 saturated carbocycles. The SMILES string of the molecule is CCOCc1nc2c(N)nc3cc(OCc4nc5ccccc5s4)ccc3c2n1CC(C)(C)NS(C)(=O)=O. The molecule has 0 amide bonds. The molecular formula is C26H30N6O4S2. The zero-order valence-electron chi connectivity index (χ0n) is 21.7. The number of sulfonamides is 1. The summed E-state index contributed by atoms with van der Waals surface area (Å²) >= 11 is 1.60. The summed E-state index contributed by atoms with van der Waals surface area (Å²) in [4.78, 5) is 14.0. The van der Waals surface area contributed by atoms with Gasteiger partial charge < -0.3 is 19.8 Å². The largest absolute Gasteiger partial charge is 0.486 e. The van der Waals surface area contributed by atoms with Gasteiger partial charge in [0, 0.05) is 30.1 Å². The van der Waals surface area contributed by atoms with Crippen LogP contribution in [0.2, 0.25) is 0 Å². The molecule has 0 fully saturated rings. The minimum atomic E-state index is -3.44. The molecule has 10 nitrogen and oxygen atoms in total. The van der Waals surface area contributed by atoms with Gasteiger partial charge in [0.1, 0.15) is 35.3 Å². The van der Waals surface area contributed by atoms with Gasteiger partial charge in [0.25, 0.3) is 0 Å². The molecule has 3 heterocycles. The highest BCUT2D eigenvalue weighted by Crippen LogP contribution is 2.33. The Bertz CT molecular complexity index is 1710. The first-order valence-electron chi connectivity index (χ1n) is 12.2. The lowest BCUT2D eigenvalue weighted by atomic mass is 10.1. The fraction of sp³-hybridized carbons (Fsp3) is 0.346. The van der Waals surface area contributed by atoms with E-state index in [0.29, 0.717) is 42.4 Å². The highest BCUT2D eigenvalue weighted by molar-refractivity contribution is 7.88. The summed E-state index contributed by atoms with van der Waals surface area (Å²) in [5.74, 6) is 1.56. The van der Waals surface area contributed by atoms with E-state index in [1.54, 1.807) is 11.3 Å². The maximum absolute atomic E-state index is 12.0. The van der Waals surface area contributed by atoms with Crippen molar-refractivity contribution in [1.29, 1.82) is 0 Å². The Morgan fingerprint density at radius 1 is 1.08 bits per heavy atom. The number of thiazole rings is 1. The molecular weight excluding hydrogens is 524 g/mol. The molecule has 2 aromatic carbocycles. The Labute approximate surface area is 224 Å². The molecule has 0 saturated heterocycles. The summed E-state index contributed by atoms with van der Waals surface area (Å²) in [5.41, 5.74) is 8.49. The van der Waals surface area contributed by atoms with Gasteiger partial charge in [-0.25, -0.2) is 28.1 Å². The smallest absolute Gasteiger partial charge is 0.209 e.